The maximum Gasteiger partial charge on any atom is 0.353 e. The largest absolute Gasteiger partial charge is 0.481 e. The molecule has 1 heterocycles. The number of carboxylic acid groups (broad SMARTS) is 3. The van der Waals surface area contributed by atoms with E-state index < -0.39 is 53.3 Å². The number of halogens is 1. The molecule has 2 aromatic rings. The molecule has 0 spiro atoms. The lowest BCUT2D eigenvalue weighted by molar-refractivity contribution is -0.151. The quantitative estimate of drug-likeness (QED) is 0.0859. The third-order valence-corrected chi connectivity index (χ3v) is 6.74. The predicted molar refractivity (Wildman–Crippen MR) is 148 cm³/mol. The lowest BCUT2D eigenvalue weighted by atomic mass is 9.95. The Balaban J connectivity index is 0.00000106. The summed E-state index contributed by atoms with van der Waals surface area (Å²) in [4.78, 5) is 58.6. The predicted octanol–water partition coefficient (Wildman–Crippen LogP) is 3.32. The SMILES string of the molecule is CC(C)(F)C(=O)O.CCCC(Cc1ccc(C(=O)Oc2ccc(C(=N)N)cc2)s1)C(=O)NC(C(=O)O)C(C)C(=O)O. The minimum absolute atomic E-state index is 0.0986. The molecule has 224 valence electrons. The van der Waals surface area contributed by atoms with Crippen LogP contribution in [0.5, 0.6) is 5.75 Å². The molecule has 0 saturated carbocycles. The van der Waals surface area contributed by atoms with Gasteiger partial charge >= 0.3 is 23.9 Å². The molecule has 0 saturated heterocycles. The number of rotatable bonds is 13. The Labute approximate surface area is 239 Å². The highest BCUT2D eigenvalue weighted by atomic mass is 32.1. The summed E-state index contributed by atoms with van der Waals surface area (Å²) in [6.07, 6.45) is 1.37. The Hall–Kier alpha value is -4.33. The Morgan fingerprint density at radius 3 is 2.05 bits per heavy atom. The van der Waals surface area contributed by atoms with Crippen molar-refractivity contribution in [1.29, 1.82) is 5.41 Å². The van der Waals surface area contributed by atoms with Crippen molar-refractivity contribution in [3.05, 3.63) is 51.7 Å². The van der Waals surface area contributed by atoms with Crippen molar-refractivity contribution in [2.45, 2.75) is 58.7 Å². The van der Waals surface area contributed by atoms with E-state index in [9.17, 15) is 33.5 Å². The molecule has 0 aliphatic rings. The third-order valence-electron chi connectivity index (χ3n) is 5.66. The van der Waals surface area contributed by atoms with Gasteiger partial charge in [0.15, 0.2) is 0 Å². The minimum Gasteiger partial charge on any atom is -0.481 e. The van der Waals surface area contributed by atoms with Crippen LogP contribution in [0.25, 0.3) is 0 Å². The first kappa shape index (κ1) is 34.7. The number of hydrogen-bond donors (Lipinski definition) is 6. The average molecular weight is 596 g/mol. The van der Waals surface area contributed by atoms with Crippen LogP contribution in [0.4, 0.5) is 4.39 Å². The maximum atomic E-state index is 12.8. The van der Waals surface area contributed by atoms with Crippen molar-refractivity contribution in [2.24, 2.45) is 17.6 Å². The number of carboxylic acids is 3. The van der Waals surface area contributed by atoms with E-state index in [0.29, 0.717) is 29.0 Å². The molecule has 3 unspecified atom stereocenters. The van der Waals surface area contributed by atoms with Gasteiger partial charge in [0.2, 0.25) is 11.6 Å². The van der Waals surface area contributed by atoms with E-state index in [1.807, 2.05) is 6.92 Å². The normalized spacial score (nSPS) is 13.0. The van der Waals surface area contributed by atoms with E-state index in [-0.39, 0.29) is 12.3 Å². The van der Waals surface area contributed by atoms with Gasteiger partial charge in [0.05, 0.1) is 5.92 Å². The van der Waals surface area contributed by atoms with Crippen LogP contribution in [-0.2, 0) is 25.6 Å². The van der Waals surface area contributed by atoms with Gasteiger partial charge in [-0.3, -0.25) is 15.0 Å². The summed E-state index contributed by atoms with van der Waals surface area (Å²) in [5.74, 6) is -6.99. The zero-order chi connectivity index (χ0) is 31.5. The molecule has 1 aromatic carbocycles. The van der Waals surface area contributed by atoms with E-state index >= 15 is 0 Å². The number of nitrogens with one attached hydrogen (secondary N) is 2. The first-order chi connectivity index (χ1) is 19.0. The molecule has 2 rings (SSSR count). The van der Waals surface area contributed by atoms with Gasteiger partial charge < -0.3 is 31.1 Å². The fourth-order valence-corrected chi connectivity index (χ4v) is 4.15. The summed E-state index contributed by atoms with van der Waals surface area (Å²) in [7, 11) is 0. The highest BCUT2D eigenvalue weighted by Gasteiger charge is 2.33. The van der Waals surface area contributed by atoms with Crippen LogP contribution in [0.15, 0.2) is 36.4 Å². The number of esters is 1. The van der Waals surface area contributed by atoms with Gasteiger partial charge in [0.1, 0.15) is 22.5 Å². The van der Waals surface area contributed by atoms with Crippen LogP contribution in [0.3, 0.4) is 0 Å². The highest BCUT2D eigenvalue weighted by Crippen LogP contribution is 2.24. The number of hydrogen-bond acceptors (Lipinski definition) is 8. The lowest BCUT2D eigenvalue weighted by Gasteiger charge is -2.22. The van der Waals surface area contributed by atoms with Crippen molar-refractivity contribution in [3.8, 4) is 5.75 Å². The Kier molecular flexibility index (Phi) is 13.1. The second kappa shape index (κ2) is 15.5. The summed E-state index contributed by atoms with van der Waals surface area (Å²) in [6, 6.07) is 7.92. The smallest absolute Gasteiger partial charge is 0.353 e. The number of carbonyl (C=O) groups excluding carboxylic acids is 2. The number of amidine groups is 1. The van der Waals surface area contributed by atoms with Crippen LogP contribution >= 0.6 is 11.3 Å². The summed E-state index contributed by atoms with van der Waals surface area (Å²) < 4.78 is 17.2. The number of ether oxygens (including phenoxy) is 1. The van der Waals surface area contributed by atoms with Crippen molar-refractivity contribution in [2.75, 3.05) is 0 Å². The fourth-order valence-electron chi connectivity index (χ4n) is 3.19. The molecule has 0 radical (unpaired) electrons. The van der Waals surface area contributed by atoms with Crippen LogP contribution < -0.4 is 15.8 Å². The Morgan fingerprint density at radius 2 is 1.61 bits per heavy atom. The summed E-state index contributed by atoms with van der Waals surface area (Å²) in [5.41, 5.74) is 3.82. The van der Waals surface area contributed by atoms with Crippen molar-refractivity contribution in [1.82, 2.24) is 5.32 Å². The molecule has 0 bridgehead atoms. The van der Waals surface area contributed by atoms with E-state index in [0.717, 1.165) is 30.1 Å². The van der Waals surface area contributed by atoms with Gasteiger partial charge in [-0.2, -0.15) is 0 Å². The maximum absolute atomic E-state index is 12.8. The van der Waals surface area contributed by atoms with E-state index in [1.54, 1.807) is 24.3 Å². The first-order valence-electron chi connectivity index (χ1n) is 12.4. The second-order valence-corrected chi connectivity index (χ2v) is 10.7. The molecule has 1 aromatic heterocycles. The molecular weight excluding hydrogens is 561 g/mol. The van der Waals surface area contributed by atoms with Crippen LogP contribution in [-0.4, -0.2) is 62.7 Å². The standard InChI is InChI=1S/C23H27N3O7S.C4H7FO2/c1-3-4-14(20(27)26-18(22(30)31)12(2)21(28)29)11-16-9-10-17(34-16)23(32)33-15-7-5-13(6-8-15)19(24)25;1-4(2,5)3(6)7/h5-10,12,14,18H,3-4,11H2,1-2H3,(H3,24,25)(H,26,27)(H,28,29)(H,30,31);1-2H3,(H,6,7). The Bertz CT molecular complexity index is 1260. The van der Waals surface area contributed by atoms with E-state index in [4.69, 9.17) is 26.1 Å². The third kappa shape index (κ3) is 11.4. The number of benzene rings is 1. The Morgan fingerprint density at radius 1 is 1.05 bits per heavy atom. The van der Waals surface area contributed by atoms with Gasteiger partial charge in [0, 0.05) is 16.4 Å². The first-order valence-corrected chi connectivity index (χ1v) is 13.2. The molecule has 7 N–H and O–H groups in total. The molecule has 0 aliphatic heterocycles. The van der Waals surface area contributed by atoms with Crippen LogP contribution in [0.2, 0.25) is 0 Å². The monoisotopic (exact) mass is 595 g/mol. The van der Waals surface area contributed by atoms with Gasteiger partial charge in [-0.05, 0) is 70.0 Å². The minimum atomic E-state index is -2.08. The zero-order valence-corrected chi connectivity index (χ0v) is 23.8. The van der Waals surface area contributed by atoms with Crippen molar-refractivity contribution >= 4 is 47.0 Å². The zero-order valence-electron chi connectivity index (χ0n) is 23.0. The number of aliphatic carboxylic acids is 3. The highest BCUT2D eigenvalue weighted by molar-refractivity contribution is 7.13. The molecule has 0 fully saturated rings. The van der Waals surface area contributed by atoms with E-state index in [1.165, 1.54) is 19.1 Å². The molecule has 3 atom stereocenters. The molecule has 41 heavy (non-hydrogen) atoms. The number of carbonyl (C=O) groups is 5. The molecule has 0 aliphatic carbocycles. The summed E-state index contributed by atoms with van der Waals surface area (Å²) >= 11 is 1.16. The van der Waals surface area contributed by atoms with Crippen molar-refractivity contribution in [3.63, 3.8) is 0 Å². The topological polar surface area (TPSA) is 217 Å². The molecule has 14 heteroatoms. The molecular formula is C27H34FN3O9S. The summed E-state index contributed by atoms with van der Waals surface area (Å²) in [5, 5.41) is 36.1. The van der Waals surface area contributed by atoms with Gasteiger partial charge in [-0.15, -0.1) is 11.3 Å². The van der Waals surface area contributed by atoms with Crippen molar-refractivity contribution < 1.29 is 48.4 Å². The molecule has 12 nitrogen and oxygen atoms in total. The average Bonchev–Trinajstić information content (AvgIpc) is 3.35. The lowest BCUT2D eigenvalue weighted by Crippen LogP contribution is -2.49. The second-order valence-electron chi connectivity index (χ2n) is 9.51. The van der Waals surface area contributed by atoms with Crippen LogP contribution in [0, 0.1) is 17.2 Å². The number of nitrogen functional groups attached to an aromatic ring is 1. The summed E-state index contributed by atoms with van der Waals surface area (Å²) in [6.45, 7) is 5.09. The number of amides is 1. The number of nitrogens with two attached hydrogens (primary N) is 1. The number of alkyl halides is 1. The van der Waals surface area contributed by atoms with Gasteiger partial charge in [-0.1, -0.05) is 13.3 Å². The molecule has 1 amide bonds. The fraction of sp³-hybridized carbons (Fsp3) is 0.407. The van der Waals surface area contributed by atoms with Gasteiger partial charge in [0.25, 0.3) is 0 Å². The van der Waals surface area contributed by atoms with E-state index in [2.05, 4.69) is 5.32 Å². The van der Waals surface area contributed by atoms with Crippen LogP contribution in [0.1, 0.15) is 60.6 Å². The number of thiophene rings is 1. The van der Waals surface area contributed by atoms with Gasteiger partial charge in [-0.25, -0.2) is 18.8 Å².